The molecule has 98 valence electrons. The largest absolute Gasteiger partial charge is 0.373 e. The third-order valence-corrected chi connectivity index (χ3v) is 4.09. The van der Waals surface area contributed by atoms with E-state index < -0.39 is 0 Å². The Morgan fingerprint density at radius 1 is 1.44 bits per heavy atom. The van der Waals surface area contributed by atoms with E-state index in [2.05, 4.69) is 43.1 Å². The van der Waals surface area contributed by atoms with Crippen LogP contribution in [0.4, 0.5) is 5.69 Å². The van der Waals surface area contributed by atoms with Gasteiger partial charge < -0.3 is 9.80 Å². The van der Waals surface area contributed by atoms with Crippen molar-refractivity contribution in [2.45, 2.75) is 25.7 Å². The summed E-state index contributed by atoms with van der Waals surface area (Å²) >= 11 is 0. The third-order valence-electron chi connectivity index (χ3n) is 4.09. The number of hydrogen-bond donors (Lipinski definition) is 0. The Balaban J connectivity index is 2.16. The lowest BCUT2D eigenvalue weighted by Gasteiger charge is -2.27. The Labute approximate surface area is 109 Å². The van der Waals surface area contributed by atoms with E-state index in [0.717, 1.165) is 19.5 Å². The summed E-state index contributed by atoms with van der Waals surface area (Å²) in [5.74, 6) is 0.137. The average molecular weight is 246 g/mol. The van der Waals surface area contributed by atoms with Crippen molar-refractivity contribution in [3.8, 4) is 0 Å². The molecule has 18 heavy (non-hydrogen) atoms. The number of rotatable bonds is 3. The minimum atomic E-state index is 0.137. The lowest BCUT2D eigenvalue weighted by Crippen LogP contribution is -2.34. The topological polar surface area (TPSA) is 23.6 Å². The van der Waals surface area contributed by atoms with Crippen LogP contribution in [-0.2, 0) is 10.2 Å². The van der Waals surface area contributed by atoms with Crippen molar-refractivity contribution in [1.82, 2.24) is 4.90 Å². The van der Waals surface area contributed by atoms with Crippen molar-refractivity contribution in [3.63, 3.8) is 0 Å². The van der Waals surface area contributed by atoms with Crippen molar-refractivity contribution < 1.29 is 4.79 Å². The molecule has 1 aliphatic heterocycles. The van der Waals surface area contributed by atoms with E-state index in [0.29, 0.717) is 0 Å². The molecule has 0 saturated carbocycles. The second-order valence-electron chi connectivity index (χ2n) is 5.62. The fourth-order valence-corrected chi connectivity index (χ4v) is 2.80. The molecule has 1 unspecified atom stereocenters. The molecular weight excluding hydrogens is 224 g/mol. The molecule has 1 aromatic rings. The highest BCUT2D eigenvalue weighted by atomic mass is 16.2. The molecule has 0 saturated heterocycles. The quantitative estimate of drug-likeness (QED) is 0.817. The summed E-state index contributed by atoms with van der Waals surface area (Å²) in [5.41, 5.74) is 2.88. The molecule has 0 bridgehead atoms. The van der Waals surface area contributed by atoms with Crippen molar-refractivity contribution >= 4 is 11.6 Å². The summed E-state index contributed by atoms with van der Waals surface area (Å²) in [7, 11) is 4.01. The number of likely N-dealkylation sites (N-methyl/N-ethyl adjacent to an activating group) is 1. The molecule has 1 aromatic carbocycles. The van der Waals surface area contributed by atoms with Crippen molar-refractivity contribution in [2.75, 3.05) is 32.1 Å². The molecule has 1 amide bonds. The lowest BCUT2D eigenvalue weighted by molar-refractivity contribution is -0.127. The van der Waals surface area contributed by atoms with E-state index in [-0.39, 0.29) is 11.3 Å². The number of fused-ring (bicyclic) bond motifs is 1. The van der Waals surface area contributed by atoms with Crippen molar-refractivity contribution in [2.24, 2.45) is 0 Å². The number of hydrogen-bond acceptors (Lipinski definition) is 2. The van der Waals surface area contributed by atoms with Crippen LogP contribution in [0.3, 0.4) is 0 Å². The summed E-state index contributed by atoms with van der Waals surface area (Å²) in [4.78, 5) is 15.4. The summed E-state index contributed by atoms with van der Waals surface area (Å²) in [6.45, 7) is 5.76. The second-order valence-corrected chi connectivity index (χ2v) is 5.62. The number of amides is 1. The van der Waals surface area contributed by atoms with Gasteiger partial charge in [0.2, 0.25) is 5.91 Å². The van der Waals surface area contributed by atoms with E-state index in [1.54, 1.807) is 11.8 Å². The van der Waals surface area contributed by atoms with E-state index in [1.165, 1.54) is 11.3 Å². The maximum absolute atomic E-state index is 11.3. The molecule has 1 aliphatic rings. The van der Waals surface area contributed by atoms with Gasteiger partial charge in [-0.15, -0.1) is 0 Å². The van der Waals surface area contributed by atoms with Gasteiger partial charge >= 0.3 is 0 Å². The third kappa shape index (κ3) is 2.22. The summed E-state index contributed by atoms with van der Waals surface area (Å²) in [6, 6.07) is 8.58. The zero-order valence-corrected chi connectivity index (χ0v) is 11.7. The van der Waals surface area contributed by atoms with Crippen LogP contribution in [0.15, 0.2) is 24.3 Å². The molecular formula is C15H22N2O. The molecule has 1 atom stereocenters. The van der Waals surface area contributed by atoms with E-state index in [9.17, 15) is 4.79 Å². The van der Waals surface area contributed by atoms with Gasteiger partial charge in [0.15, 0.2) is 0 Å². The van der Waals surface area contributed by atoms with Crippen LogP contribution >= 0.6 is 0 Å². The van der Waals surface area contributed by atoms with Gasteiger partial charge in [0.05, 0.1) is 0 Å². The highest BCUT2D eigenvalue weighted by Gasteiger charge is 2.36. The van der Waals surface area contributed by atoms with Crippen LogP contribution < -0.4 is 4.90 Å². The first kappa shape index (κ1) is 12.9. The molecule has 3 heteroatoms. The smallest absolute Gasteiger partial charge is 0.219 e. The van der Waals surface area contributed by atoms with Gasteiger partial charge in [-0.25, -0.2) is 0 Å². The van der Waals surface area contributed by atoms with Crippen LogP contribution in [0, 0.1) is 0 Å². The molecule has 0 spiro atoms. The van der Waals surface area contributed by atoms with Crippen LogP contribution in [0.25, 0.3) is 0 Å². The Hall–Kier alpha value is -1.51. The molecule has 3 nitrogen and oxygen atoms in total. The van der Waals surface area contributed by atoms with Crippen LogP contribution in [0.1, 0.15) is 25.8 Å². The fourth-order valence-electron chi connectivity index (χ4n) is 2.80. The Bertz CT molecular complexity index is 458. The van der Waals surface area contributed by atoms with Crippen LogP contribution in [0.2, 0.25) is 0 Å². The van der Waals surface area contributed by atoms with Crippen molar-refractivity contribution in [3.05, 3.63) is 29.8 Å². The first-order chi connectivity index (χ1) is 8.44. The molecule has 0 fully saturated rings. The lowest BCUT2D eigenvalue weighted by atomic mass is 9.81. The Kier molecular flexibility index (Phi) is 3.33. The number of nitrogens with zero attached hydrogens (tertiary/aromatic N) is 2. The Morgan fingerprint density at radius 2 is 2.11 bits per heavy atom. The standard InChI is InChI=1S/C15H22N2O/c1-12(18)16(3)10-9-15(2)11-17(4)14-8-6-5-7-13(14)15/h5-8H,9-11H2,1-4H3. The molecule has 0 aromatic heterocycles. The van der Waals surface area contributed by atoms with E-state index in [4.69, 9.17) is 0 Å². The molecule has 0 aliphatic carbocycles. The number of anilines is 1. The summed E-state index contributed by atoms with van der Waals surface area (Å²) in [6.07, 6.45) is 1.00. The van der Waals surface area contributed by atoms with Crippen molar-refractivity contribution in [1.29, 1.82) is 0 Å². The molecule has 0 radical (unpaired) electrons. The zero-order valence-electron chi connectivity index (χ0n) is 11.7. The van der Waals surface area contributed by atoms with E-state index in [1.807, 2.05) is 7.05 Å². The van der Waals surface area contributed by atoms with Gasteiger partial charge in [0.25, 0.3) is 0 Å². The maximum Gasteiger partial charge on any atom is 0.219 e. The molecule has 0 N–H and O–H groups in total. The number of para-hydroxylation sites is 1. The maximum atomic E-state index is 11.3. The summed E-state index contributed by atoms with van der Waals surface area (Å²) in [5, 5.41) is 0. The van der Waals surface area contributed by atoms with E-state index >= 15 is 0 Å². The monoisotopic (exact) mass is 246 g/mol. The second kappa shape index (κ2) is 4.63. The predicted octanol–water partition coefficient (Wildman–Crippen LogP) is 2.26. The number of carbonyl (C=O) groups is 1. The Morgan fingerprint density at radius 3 is 2.78 bits per heavy atom. The highest BCUT2D eigenvalue weighted by molar-refractivity contribution is 5.72. The highest BCUT2D eigenvalue weighted by Crippen LogP contribution is 2.41. The van der Waals surface area contributed by atoms with Gasteiger partial charge in [-0.3, -0.25) is 4.79 Å². The average Bonchev–Trinajstić information content (AvgIpc) is 2.60. The zero-order chi connectivity index (χ0) is 13.3. The minimum absolute atomic E-state index is 0.137. The first-order valence-electron chi connectivity index (χ1n) is 6.46. The fraction of sp³-hybridized carbons (Fsp3) is 0.533. The van der Waals surface area contributed by atoms with Crippen LogP contribution in [-0.4, -0.2) is 38.0 Å². The van der Waals surface area contributed by atoms with Crippen LogP contribution in [0.5, 0.6) is 0 Å². The SMILES string of the molecule is CC(=O)N(C)CCC1(C)CN(C)c2ccccc21. The number of benzene rings is 1. The van der Waals surface area contributed by atoms with Gasteiger partial charge in [-0.1, -0.05) is 25.1 Å². The molecule has 1 heterocycles. The normalized spacial score (nSPS) is 21.9. The first-order valence-corrected chi connectivity index (χ1v) is 6.46. The minimum Gasteiger partial charge on any atom is -0.373 e. The number of carbonyl (C=O) groups excluding carboxylic acids is 1. The summed E-state index contributed by atoms with van der Waals surface area (Å²) < 4.78 is 0. The predicted molar refractivity (Wildman–Crippen MR) is 75.0 cm³/mol. The van der Waals surface area contributed by atoms with Gasteiger partial charge in [0.1, 0.15) is 0 Å². The molecule has 2 rings (SSSR count). The van der Waals surface area contributed by atoms with Gasteiger partial charge in [-0.05, 0) is 18.1 Å². The van der Waals surface area contributed by atoms with Gasteiger partial charge in [-0.2, -0.15) is 0 Å². The van der Waals surface area contributed by atoms with Gasteiger partial charge in [0, 0.05) is 45.2 Å².